The maximum atomic E-state index is 11.1. The Morgan fingerprint density at radius 2 is 2.07 bits per heavy atom. The summed E-state index contributed by atoms with van der Waals surface area (Å²) in [4.78, 5) is 27.4. The van der Waals surface area contributed by atoms with Gasteiger partial charge < -0.3 is 21.4 Å². The third-order valence-corrected chi connectivity index (χ3v) is 4.27. The van der Waals surface area contributed by atoms with E-state index in [4.69, 9.17) is 5.73 Å². The van der Waals surface area contributed by atoms with Gasteiger partial charge in [0.25, 0.3) is 0 Å². The minimum absolute atomic E-state index is 0.162. The molecule has 0 unspecified atom stereocenters. The number of nitrogens with two attached hydrogens (primary N) is 1. The Labute approximate surface area is 161 Å². The van der Waals surface area contributed by atoms with Crippen molar-refractivity contribution in [3.63, 3.8) is 0 Å². The zero-order chi connectivity index (χ0) is 19.5. The Hall–Kier alpha value is -3.94. The van der Waals surface area contributed by atoms with Gasteiger partial charge in [0.1, 0.15) is 17.3 Å². The second-order valence-corrected chi connectivity index (χ2v) is 6.31. The van der Waals surface area contributed by atoms with Gasteiger partial charge in [0.15, 0.2) is 0 Å². The molecule has 4 aromatic rings. The Kier molecular flexibility index (Phi) is 4.59. The number of rotatable bonds is 5. The summed E-state index contributed by atoms with van der Waals surface area (Å²) >= 11 is 0. The average molecular weight is 373 g/mol. The highest BCUT2D eigenvalue weighted by molar-refractivity contribution is 5.87. The van der Waals surface area contributed by atoms with Gasteiger partial charge in [-0.25, -0.2) is 15.0 Å². The Balaban J connectivity index is 1.54. The molecule has 5 N–H and O–H groups in total. The number of hydrogen-bond acceptors (Lipinski definition) is 6. The van der Waals surface area contributed by atoms with Gasteiger partial charge in [0.2, 0.25) is 5.91 Å². The van der Waals surface area contributed by atoms with Gasteiger partial charge in [-0.2, -0.15) is 0 Å². The van der Waals surface area contributed by atoms with Crippen LogP contribution in [-0.2, 0) is 11.3 Å². The van der Waals surface area contributed by atoms with Gasteiger partial charge in [-0.05, 0) is 42.0 Å². The largest absolute Gasteiger partial charge is 0.396 e. The molecular formula is C20H19N7O. The van der Waals surface area contributed by atoms with Gasteiger partial charge in [-0.15, -0.1) is 0 Å². The Morgan fingerprint density at radius 1 is 1.18 bits per heavy atom. The first kappa shape index (κ1) is 17.5. The van der Waals surface area contributed by atoms with E-state index in [1.807, 2.05) is 36.5 Å². The highest BCUT2D eigenvalue weighted by Crippen LogP contribution is 2.25. The normalized spacial score (nSPS) is 10.8. The molecule has 4 rings (SSSR count). The summed E-state index contributed by atoms with van der Waals surface area (Å²) < 4.78 is 0. The molecule has 0 saturated carbocycles. The Bertz CT molecular complexity index is 1130. The third-order valence-electron chi connectivity index (χ3n) is 4.27. The molecule has 28 heavy (non-hydrogen) atoms. The van der Waals surface area contributed by atoms with Crippen molar-refractivity contribution in [1.82, 2.24) is 19.9 Å². The fourth-order valence-electron chi connectivity index (χ4n) is 2.91. The predicted molar refractivity (Wildman–Crippen MR) is 110 cm³/mol. The van der Waals surface area contributed by atoms with Crippen molar-refractivity contribution in [3.8, 4) is 11.3 Å². The molecule has 8 nitrogen and oxygen atoms in total. The zero-order valence-corrected chi connectivity index (χ0v) is 15.2. The van der Waals surface area contributed by atoms with Crippen molar-refractivity contribution in [3.05, 3.63) is 60.6 Å². The SMILES string of the molecule is CC(=O)Nc1ccc(-c2ccc(N)c(NCc3c[nH]c4ncccc34)n2)cn1. The monoisotopic (exact) mass is 373 g/mol. The van der Waals surface area contributed by atoms with E-state index >= 15 is 0 Å². The molecule has 4 heterocycles. The summed E-state index contributed by atoms with van der Waals surface area (Å²) in [5, 5.41) is 7.00. The van der Waals surface area contributed by atoms with Crippen molar-refractivity contribution in [2.24, 2.45) is 0 Å². The molecule has 0 radical (unpaired) electrons. The molecule has 0 aromatic carbocycles. The predicted octanol–water partition coefficient (Wildman–Crippen LogP) is 3.17. The molecule has 0 saturated heterocycles. The van der Waals surface area contributed by atoms with Crippen LogP contribution in [0.5, 0.6) is 0 Å². The lowest BCUT2D eigenvalue weighted by atomic mass is 10.2. The van der Waals surface area contributed by atoms with E-state index in [-0.39, 0.29) is 5.91 Å². The highest BCUT2D eigenvalue weighted by atomic mass is 16.1. The minimum Gasteiger partial charge on any atom is -0.396 e. The van der Waals surface area contributed by atoms with Crippen molar-refractivity contribution in [2.45, 2.75) is 13.5 Å². The number of nitrogens with zero attached hydrogens (tertiary/aromatic N) is 3. The number of fused-ring (bicyclic) bond motifs is 1. The lowest BCUT2D eigenvalue weighted by Gasteiger charge is -2.10. The summed E-state index contributed by atoms with van der Waals surface area (Å²) in [7, 11) is 0. The van der Waals surface area contributed by atoms with Gasteiger partial charge in [0, 0.05) is 43.0 Å². The molecule has 0 atom stereocenters. The smallest absolute Gasteiger partial charge is 0.222 e. The van der Waals surface area contributed by atoms with Crippen LogP contribution in [0.1, 0.15) is 12.5 Å². The van der Waals surface area contributed by atoms with Crippen LogP contribution in [0.4, 0.5) is 17.3 Å². The van der Waals surface area contributed by atoms with Gasteiger partial charge in [-0.1, -0.05) is 0 Å². The van der Waals surface area contributed by atoms with E-state index in [0.29, 0.717) is 23.9 Å². The number of carbonyl (C=O) groups is 1. The number of nitrogen functional groups attached to an aromatic ring is 1. The summed E-state index contributed by atoms with van der Waals surface area (Å²) in [5.41, 5.74) is 10.1. The van der Waals surface area contributed by atoms with Crippen LogP contribution in [0.25, 0.3) is 22.3 Å². The quantitative estimate of drug-likeness (QED) is 0.426. The van der Waals surface area contributed by atoms with E-state index in [1.165, 1.54) is 6.92 Å². The fourth-order valence-corrected chi connectivity index (χ4v) is 2.91. The summed E-state index contributed by atoms with van der Waals surface area (Å²) in [6, 6.07) is 11.2. The maximum absolute atomic E-state index is 11.1. The number of aromatic amines is 1. The molecule has 4 aromatic heterocycles. The minimum atomic E-state index is -0.162. The molecule has 0 aliphatic rings. The second kappa shape index (κ2) is 7.36. The van der Waals surface area contributed by atoms with Crippen LogP contribution in [0.2, 0.25) is 0 Å². The molecule has 0 spiro atoms. The van der Waals surface area contributed by atoms with Crippen molar-refractivity contribution in [1.29, 1.82) is 0 Å². The number of anilines is 3. The average Bonchev–Trinajstić information content (AvgIpc) is 3.11. The highest BCUT2D eigenvalue weighted by Gasteiger charge is 2.08. The molecule has 140 valence electrons. The van der Waals surface area contributed by atoms with Crippen molar-refractivity contribution >= 4 is 34.3 Å². The summed E-state index contributed by atoms with van der Waals surface area (Å²) in [6.07, 6.45) is 5.35. The lowest BCUT2D eigenvalue weighted by Crippen LogP contribution is -2.07. The van der Waals surface area contributed by atoms with Crippen LogP contribution in [0, 0.1) is 0 Å². The Morgan fingerprint density at radius 3 is 2.86 bits per heavy atom. The number of amides is 1. The van der Waals surface area contributed by atoms with E-state index in [0.717, 1.165) is 27.9 Å². The van der Waals surface area contributed by atoms with Crippen LogP contribution < -0.4 is 16.4 Å². The summed E-state index contributed by atoms with van der Waals surface area (Å²) in [5.74, 6) is 0.935. The van der Waals surface area contributed by atoms with Crippen LogP contribution in [0.15, 0.2) is 55.0 Å². The number of H-pyrrole nitrogens is 1. The first-order chi connectivity index (χ1) is 13.6. The maximum Gasteiger partial charge on any atom is 0.222 e. The van der Waals surface area contributed by atoms with Crippen molar-refractivity contribution in [2.75, 3.05) is 16.4 Å². The molecule has 0 fully saturated rings. The van der Waals surface area contributed by atoms with Gasteiger partial charge >= 0.3 is 0 Å². The van der Waals surface area contributed by atoms with E-state index in [1.54, 1.807) is 18.5 Å². The molecule has 1 amide bonds. The van der Waals surface area contributed by atoms with E-state index in [9.17, 15) is 4.79 Å². The first-order valence-corrected chi connectivity index (χ1v) is 8.75. The molecule has 0 aliphatic heterocycles. The van der Waals surface area contributed by atoms with E-state index < -0.39 is 0 Å². The van der Waals surface area contributed by atoms with E-state index in [2.05, 4.69) is 30.6 Å². The third kappa shape index (κ3) is 3.61. The number of aromatic nitrogens is 4. The number of nitrogens with one attached hydrogen (secondary N) is 3. The zero-order valence-electron chi connectivity index (χ0n) is 15.2. The second-order valence-electron chi connectivity index (χ2n) is 6.31. The van der Waals surface area contributed by atoms with Gasteiger partial charge in [-0.3, -0.25) is 4.79 Å². The van der Waals surface area contributed by atoms with Crippen LogP contribution in [0.3, 0.4) is 0 Å². The standard InChI is InChI=1S/C20H19N7O/c1-12(28)26-18-7-4-13(9-23-18)17-6-5-16(21)20(27-17)25-11-14-10-24-19-15(14)3-2-8-22-19/h2-10H,11,21H2,1H3,(H,22,24)(H,25,27)(H,23,26,28). The molecule has 0 aliphatic carbocycles. The first-order valence-electron chi connectivity index (χ1n) is 8.75. The topological polar surface area (TPSA) is 122 Å². The molecule has 0 bridgehead atoms. The lowest BCUT2D eigenvalue weighted by molar-refractivity contribution is -0.114. The molecular weight excluding hydrogens is 354 g/mol. The number of hydrogen-bond donors (Lipinski definition) is 4. The fraction of sp³-hybridized carbons (Fsp3) is 0.100. The molecule has 8 heteroatoms. The number of carbonyl (C=O) groups excluding carboxylic acids is 1. The number of pyridine rings is 3. The van der Waals surface area contributed by atoms with Gasteiger partial charge in [0.05, 0.1) is 11.4 Å². The van der Waals surface area contributed by atoms with Crippen molar-refractivity contribution < 1.29 is 4.79 Å². The summed E-state index contributed by atoms with van der Waals surface area (Å²) in [6.45, 7) is 2.00. The van der Waals surface area contributed by atoms with Crippen LogP contribution in [-0.4, -0.2) is 25.8 Å². The van der Waals surface area contributed by atoms with Crippen LogP contribution >= 0.6 is 0 Å².